The summed E-state index contributed by atoms with van der Waals surface area (Å²) in [5, 5.41) is 9.87. The zero-order valence-corrected chi connectivity index (χ0v) is 17.9. The number of ketones is 2. The molecule has 2 amide bonds. The molecule has 0 saturated heterocycles. The Morgan fingerprint density at radius 2 is 1.18 bits per heavy atom. The van der Waals surface area contributed by atoms with Gasteiger partial charge in [-0.05, 0) is 23.8 Å². The molecule has 0 aromatic heterocycles. The predicted octanol–water partition coefficient (Wildman–Crippen LogP) is 2.97. The van der Waals surface area contributed by atoms with Crippen LogP contribution < -0.4 is 11.5 Å². The minimum absolute atomic E-state index is 0.0558. The predicted molar refractivity (Wildman–Crippen MR) is 125 cm³/mol. The summed E-state index contributed by atoms with van der Waals surface area (Å²) in [6, 6.07) is 18.3. The molecule has 34 heavy (non-hydrogen) atoms. The molecule has 0 unspecified atom stereocenters. The summed E-state index contributed by atoms with van der Waals surface area (Å²) >= 11 is 0. The Balaban J connectivity index is 2.12. The first-order chi connectivity index (χ1) is 16.2. The van der Waals surface area contributed by atoms with Crippen LogP contribution in [0.5, 0.6) is 0 Å². The third kappa shape index (κ3) is 5.13. The number of carboxylic acid groups (broad SMARTS) is 1. The van der Waals surface area contributed by atoms with Crippen LogP contribution in [0.25, 0.3) is 11.6 Å². The van der Waals surface area contributed by atoms with E-state index in [1.807, 2.05) is 0 Å². The highest BCUT2D eigenvalue weighted by Crippen LogP contribution is 2.27. The molecule has 8 nitrogen and oxygen atoms in total. The van der Waals surface area contributed by atoms with Gasteiger partial charge in [-0.25, -0.2) is 4.79 Å². The van der Waals surface area contributed by atoms with Crippen LogP contribution in [0.15, 0.2) is 72.8 Å². The van der Waals surface area contributed by atoms with Crippen molar-refractivity contribution in [2.75, 3.05) is 0 Å². The summed E-state index contributed by atoms with van der Waals surface area (Å²) in [7, 11) is 0. The van der Waals surface area contributed by atoms with Gasteiger partial charge in [-0.1, -0.05) is 60.7 Å². The summed E-state index contributed by atoms with van der Waals surface area (Å²) in [5.41, 5.74) is 10.4. The molecule has 0 heterocycles. The molecular formula is C26H20N2O6. The maximum absolute atomic E-state index is 13.3. The van der Waals surface area contributed by atoms with Crippen LogP contribution >= 0.6 is 0 Å². The van der Waals surface area contributed by atoms with Gasteiger partial charge in [0.1, 0.15) is 0 Å². The van der Waals surface area contributed by atoms with Gasteiger partial charge in [0.05, 0.1) is 17.6 Å². The highest BCUT2D eigenvalue weighted by Gasteiger charge is 2.27. The maximum atomic E-state index is 13.3. The third-order valence-electron chi connectivity index (χ3n) is 5.05. The first-order valence-corrected chi connectivity index (χ1v) is 10.1. The van der Waals surface area contributed by atoms with E-state index in [-0.39, 0.29) is 33.4 Å². The smallest absolute Gasteiger partial charge is 0.336 e. The average molecular weight is 456 g/mol. The molecule has 5 N–H and O–H groups in total. The van der Waals surface area contributed by atoms with E-state index in [0.717, 1.165) is 0 Å². The molecule has 0 atom stereocenters. The third-order valence-corrected chi connectivity index (χ3v) is 5.05. The molecular weight excluding hydrogens is 436 g/mol. The summed E-state index contributed by atoms with van der Waals surface area (Å²) < 4.78 is 0. The molecule has 0 aliphatic carbocycles. The van der Waals surface area contributed by atoms with Crippen molar-refractivity contribution in [2.45, 2.75) is 6.42 Å². The quantitative estimate of drug-likeness (QED) is 0.194. The van der Waals surface area contributed by atoms with Gasteiger partial charge in [-0.3, -0.25) is 19.2 Å². The highest BCUT2D eigenvalue weighted by atomic mass is 16.4. The number of amides is 2. The fraction of sp³-hybridized carbons (Fsp3) is 0.0385. The minimum atomic E-state index is -1.34. The second kappa shape index (κ2) is 10.2. The van der Waals surface area contributed by atoms with Crippen molar-refractivity contribution < 1.29 is 29.1 Å². The van der Waals surface area contributed by atoms with Crippen molar-refractivity contribution in [3.8, 4) is 0 Å². The lowest BCUT2D eigenvalue weighted by atomic mass is 9.88. The number of hydrogen-bond acceptors (Lipinski definition) is 5. The molecule has 0 aliphatic rings. The van der Waals surface area contributed by atoms with Crippen LogP contribution in [0.4, 0.5) is 0 Å². The van der Waals surface area contributed by atoms with E-state index in [0.29, 0.717) is 5.56 Å². The van der Waals surface area contributed by atoms with Gasteiger partial charge in [-0.15, -0.1) is 0 Å². The maximum Gasteiger partial charge on any atom is 0.336 e. The lowest BCUT2D eigenvalue weighted by molar-refractivity contribution is -0.130. The number of carboxylic acids is 1. The average Bonchev–Trinajstić information content (AvgIpc) is 2.82. The molecule has 0 radical (unpaired) electrons. The van der Waals surface area contributed by atoms with Gasteiger partial charge >= 0.3 is 5.97 Å². The topological polar surface area (TPSA) is 158 Å². The van der Waals surface area contributed by atoms with E-state index in [4.69, 9.17) is 11.5 Å². The second-order valence-electron chi connectivity index (χ2n) is 7.30. The minimum Gasteiger partial charge on any atom is -0.478 e. The standard InChI is InChI=1S/C26H20N2O6/c27-24(31)18-10-5-4-9-16(18)21(29)14-22(30)23-17(11-6-12-19(23)25(28)32)20(26(33)34)13-15-7-2-1-3-8-15/h1-13H,14H2,(H2,27,31)(H2,28,32)(H,33,34). The van der Waals surface area contributed by atoms with E-state index in [1.54, 1.807) is 30.3 Å². The van der Waals surface area contributed by atoms with E-state index in [1.165, 1.54) is 48.5 Å². The van der Waals surface area contributed by atoms with Crippen molar-refractivity contribution in [1.29, 1.82) is 0 Å². The Hall–Kier alpha value is -4.85. The van der Waals surface area contributed by atoms with Gasteiger partial charge in [-0.2, -0.15) is 0 Å². The first-order valence-electron chi connectivity index (χ1n) is 10.1. The van der Waals surface area contributed by atoms with Crippen molar-refractivity contribution in [1.82, 2.24) is 0 Å². The van der Waals surface area contributed by atoms with Crippen LogP contribution in [0.2, 0.25) is 0 Å². The zero-order chi connectivity index (χ0) is 24.8. The number of nitrogens with two attached hydrogens (primary N) is 2. The molecule has 3 rings (SSSR count). The Morgan fingerprint density at radius 1 is 0.647 bits per heavy atom. The van der Waals surface area contributed by atoms with Gasteiger partial charge in [0.2, 0.25) is 11.8 Å². The number of carbonyl (C=O) groups excluding carboxylic acids is 4. The fourth-order valence-corrected chi connectivity index (χ4v) is 3.52. The normalized spacial score (nSPS) is 11.0. The van der Waals surface area contributed by atoms with Crippen LogP contribution in [-0.2, 0) is 4.79 Å². The summed E-state index contributed by atoms with van der Waals surface area (Å²) in [6.45, 7) is 0. The van der Waals surface area contributed by atoms with Gasteiger partial charge in [0, 0.05) is 22.3 Å². The Morgan fingerprint density at radius 3 is 1.76 bits per heavy atom. The number of rotatable bonds is 9. The van der Waals surface area contributed by atoms with Crippen molar-refractivity contribution in [3.05, 3.63) is 106 Å². The summed E-state index contributed by atoms with van der Waals surface area (Å²) in [4.78, 5) is 62.0. The van der Waals surface area contributed by atoms with Crippen molar-refractivity contribution in [2.24, 2.45) is 11.5 Å². The van der Waals surface area contributed by atoms with E-state index >= 15 is 0 Å². The SMILES string of the molecule is NC(=O)c1ccccc1C(=O)CC(=O)c1c(C(N)=O)cccc1C(=Cc1ccccc1)C(=O)O. The number of hydrogen-bond donors (Lipinski definition) is 3. The molecule has 170 valence electrons. The molecule has 0 fully saturated rings. The molecule has 0 bridgehead atoms. The largest absolute Gasteiger partial charge is 0.478 e. The first kappa shape index (κ1) is 23.8. The van der Waals surface area contributed by atoms with Crippen molar-refractivity contribution >= 4 is 41.0 Å². The Bertz CT molecular complexity index is 1340. The molecule has 0 spiro atoms. The summed E-state index contributed by atoms with van der Waals surface area (Å²) in [6.07, 6.45) is 0.614. The van der Waals surface area contributed by atoms with Gasteiger partial charge in [0.25, 0.3) is 0 Å². The van der Waals surface area contributed by atoms with Gasteiger partial charge < -0.3 is 16.6 Å². The lowest BCUT2D eigenvalue weighted by Gasteiger charge is -2.14. The van der Waals surface area contributed by atoms with Crippen LogP contribution in [0.3, 0.4) is 0 Å². The highest BCUT2D eigenvalue weighted by molar-refractivity contribution is 6.26. The lowest BCUT2D eigenvalue weighted by Crippen LogP contribution is -2.22. The molecule has 3 aromatic carbocycles. The number of aliphatic carboxylic acids is 1. The monoisotopic (exact) mass is 456 g/mol. The molecule has 0 saturated carbocycles. The Labute approximate surface area is 194 Å². The number of carbonyl (C=O) groups is 5. The van der Waals surface area contributed by atoms with E-state index in [9.17, 15) is 29.1 Å². The number of benzene rings is 3. The number of primary amides is 2. The van der Waals surface area contributed by atoms with E-state index < -0.39 is 35.8 Å². The van der Waals surface area contributed by atoms with E-state index in [2.05, 4.69) is 0 Å². The summed E-state index contributed by atoms with van der Waals surface area (Å²) in [5.74, 6) is -4.68. The second-order valence-corrected chi connectivity index (χ2v) is 7.30. The molecule has 3 aromatic rings. The molecule has 0 aliphatic heterocycles. The van der Waals surface area contributed by atoms with Gasteiger partial charge in [0.15, 0.2) is 11.6 Å². The Kier molecular flexibility index (Phi) is 7.13. The van der Waals surface area contributed by atoms with Crippen LogP contribution in [0, 0.1) is 0 Å². The zero-order valence-electron chi connectivity index (χ0n) is 17.9. The van der Waals surface area contributed by atoms with Crippen LogP contribution in [-0.4, -0.2) is 34.5 Å². The van der Waals surface area contributed by atoms with Crippen LogP contribution in [0.1, 0.15) is 59.0 Å². The van der Waals surface area contributed by atoms with Crippen molar-refractivity contribution in [3.63, 3.8) is 0 Å². The fourth-order valence-electron chi connectivity index (χ4n) is 3.52. The number of Topliss-reactive ketones (excluding diaryl/α,β-unsaturated/α-hetero) is 2. The molecule has 8 heteroatoms.